The number of hydrogen-bond acceptors (Lipinski definition) is 3. The maximum absolute atomic E-state index is 13.6. The van der Waals surface area contributed by atoms with Crippen molar-refractivity contribution < 1.29 is 13.0 Å². The monoisotopic (exact) mass is 425 g/mol. The highest BCUT2D eigenvalue weighted by atomic mass is 32.2. The third kappa shape index (κ3) is 3.53. The van der Waals surface area contributed by atoms with Crippen LogP contribution in [0.15, 0.2) is 119 Å². The molecule has 4 aromatic carbocycles. The minimum absolute atomic E-state index is 0.293. The topological polar surface area (TPSA) is 40.4 Å². The summed E-state index contributed by atoms with van der Waals surface area (Å²) in [7, 11) is -3.68. The molecular weight excluding hydrogens is 404 g/mol. The summed E-state index contributed by atoms with van der Waals surface area (Å²) in [6.07, 6.45) is 2.02. The number of rotatable bonds is 4. The molecule has 4 aromatic rings. The van der Waals surface area contributed by atoms with Crippen LogP contribution in [0.5, 0.6) is 0 Å². The molecule has 0 unspecified atom stereocenters. The number of fused-ring (bicyclic) bond motifs is 1. The molecule has 0 saturated carbocycles. The maximum atomic E-state index is 13.6. The van der Waals surface area contributed by atoms with Gasteiger partial charge in [-0.1, -0.05) is 60.7 Å². The van der Waals surface area contributed by atoms with E-state index in [2.05, 4.69) is 21.6 Å². The third-order valence-electron chi connectivity index (χ3n) is 5.39. The molecule has 0 fully saturated rings. The van der Waals surface area contributed by atoms with Crippen LogP contribution in [0.3, 0.4) is 0 Å². The molecule has 1 heterocycles. The molecule has 0 saturated heterocycles. The van der Waals surface area contributed by atoms with Crippen molar-refractivity contribution in [2.45, 2.75) is 9.79 Å². The van der Waals surface area contributed by atoms with E-state index < -0.39 is 9.84 Å². The Labute approximate surface area is 182 Å². The van der Waals surface area contributed by atoms with Crippen molar-refractivity contribution in [3.63, 3.8) is 0 Å². The summed E-state index contributed by atoms with van der Waals surface area (Å²) >= 11 is 0. The zero-order valence-corrected chi connectivity index (χ0v) is 17.6. The molecule has 31 heavy (non-hydrogen) atoms. The smallest absolute Gasteiger partial charge is 0.228 e. The van der Waals surface area contributed by atoms with E-state index >= 15 is 0 Å². The summed E-state index contributed by atoms with van der Waals surface area (Å²) in [5.41, 5.74) is 3.54. The summed E-state index contributed by atoms with van der Waals surface area (Å²) in [5.74, 6) is 0. The molecule has 0 radical (unpaired) electrons. The number of anilines is 2. The highest BCUT2D eigenvalue weighted by Gasteiger charge is 2.32. The summed E-state index contributed by atoms with van der Waals surface area (Å²) in [5, 5.41) is 0. The van der Waals surface area contributed by atoms with E-state index in [-0.39, 0.29) is 0 Å². The SMILES string of the molecule is O=S(=O)(c1ccccc1)c1cccc2c1N(c1ccccc1)C[N+](c1ccccc1)=C2. The lowest BCUT2D eigenvalue weighted by Gasteiger charge is -2.29. The Balaban J connectivity index is 1.75. The van der Waals surface area contributed by atoms with Crippen molar-refractivity contribution in [3.8, 4) is 0 Å². The molecule has 0 bridgehead atoms. The first kappa shape index (κ1) is 19.3. The molecule has 0 N–H and O–H groups in total. The number of nitrogens with zero attached hydrogens (tertiary/aromatic N) is 2. The summed E-state index contributed by atoms with van der Waals surface area (Å²) < 4.78 is 29.3. The Bertz CT molecular complexity index is 1350. The van der Waals surface area contributed by atoms with Gasteiger partial charge in [-0.25, -0.2) is 8.42 Å². The van der Waals surface area contributed by atoms with Crippen molar-refractivity contribution in [1.29, 1.82) is 0 Å². The van der Waals surface area contributed by atoms with Crippen molar-refractivity contribution in [2.24, 2.45) is 0 Å². The first-order valence-corrected chi connectivity index (χ1v) is 11.6. The number of benzene rings is 4. The van der Waals surface area contributed by atoms with E-state index in [1.54, 1.807) is 30.3 Å². The Morgan fingerprint density at radius 2 is 1.29 bits per heavy atom. The van der Waals surface area contributed by atoms with E-state index in [1.165, 1.54) is 0 Å². The molecule has 0 atom stereocenters. The van der Waals surface area contributed by atoms with Gasteiger partial charge in [-0.3, -0.25) is 4.90 Å². The summed E-state index contributed by atoms with van der Waals surface area (Å²) in [6.45, 7) is 0.502. The third-order valence-corrected chi connectivity index (χ3v) is 7.19. The molecule has 1 aliphatic heterocycles. The number of para-hydroxylation sites is 3. The van der Waals surface area contributed by atoms with Gasteiger partial charge >= 0.3 is 0 Å². The fraction of sp³-hybridized carbons (Fsp3) is 0.0385. The Hall–Kier alpha value is -3.70. The van der Waals surface area contributed by atoms with Crippen LogP contribution < -0.4 is 4.90 Å². The van der Waals surface area contributed by atoms with Crippen molar-refractivity contribution in [2.75, 3.05) is 11.6 Å². The van der Waals surface area contributed by atoms with Gasteiger partial charge < -0.3 is 0 Å². The predicted molar refractivity (Wildman–Crippen MR) is 123 cm³/mol. The molecule has 5 rings (SSSR count). The molecule has 4 nitrogen and oxygen atoms in total. The average Bonchev–Trinajstić information content (AvgIpc) is 2.84. The van der Waals surface area contributed by atoms with Crippen LogP contribution in [0.1, 0.15) is 5.56 Å². The Morgan fingerprint density at radius 3 is 1.97 bits per heavy atom. The quantitative estimate of drug-likeness (QED) is 0.412. The largest absolute Gasteiger partial charge is 0.284 e. The van der Waals surface area contributed by atoms with Gasteiger partial charge in [0, 0.05) is 17.8 Å². The first-order chi connectivity index (χ1) is 15.1. The predicted octanol–water partition coefficient (Wildman–Crippen LogP) is 5.39. The van der Waals surface area contributed by atoms with Gasteiger partial charge in [0.25, 0.3) is 0 Å². The Morgan fingerprint density at radius 1 is 0.677 bits per heavy atom. The lowest BCUT2D eigenvalue weighted by atomic mass is 10.1. The zero-order chi connectivity index (χ0) is 21.3. The second kappa shape index (κ2) is 7.85. The second-order valence-corrected chi connectivity index (χ2v) is 9.27. The van der Waals surface area contributed by atoms with Crippen LogP contribution in [0.4, 0.5) is 17.1 Å². The maximum Gasteiger partial charge on any atom is 0.228 e. The lowest BCUT2D eigenvalue weighted by Crippen LogP contribution is -2.33. The van der Waals surface area contributed by atoms with E-state index in [0.29, 0.717) is 22.1 Å². The van der Waals surface area contributed by atoms with Crippen molar-refractivity contribution in [3.05, 3.63) is 115 Å². The van der Waals surface area contributed by atoms with Gasteiger partial charge in [0.15, 0.2) is 6.21 Å². The molecule has 0 spiro atoms. The average molecular weight is 426 g/mol. The van der Waals surface area contributed by atoms with Crippen LogP contribution in [-0.2, 0) is 9.84 Å². The van der Waals surface area contributed by atoms with Gasteiger partial charge in [0.1, 0.15) is 0 Å². The lowest BCUT2D eigenvalue weighted by molar-refractivity contribution is -0.434. The van der Waals surface area contributed by atoms with Gasteiger partial charge in [-0.2, -0.15) is 4.58 Å². The molecule has 5 heteroatoms. The molecule has 0 aliphatic carbocycles. The van der Waals surface area contributed by atoms with Gasteiger partial charge in [0.05, 0.1) is 21.0 Å². The number of hydrogen-bond donors (Lipinski definition) is 0. The second-order valence-electron chi connectivity index (χ2n) is 7.35. The molecule has 1 aliphatic rings. The van der Waals surface area contributed by atoms with Gasteiger partial charge in [-0.05, 0) is 36.4 Å². The van der Waals surface area contributed by atoms with E-state index in [1.807, 2.05) is 72.9 Å². The summed E-state index contributed by atoms with van der Waals surface area (Å²) in [6, 6.07) is 34.1. The standard InChI is InChI=1S/C26H21N2O2S/c29-31(30,24-16-8-3-9-17-24)25-18-10-11-21-19-27(22-12-4-1-5-13-22)20-28(26(21)25)23-14-6-2-7-15-23/h1-19H,20H2/q+1. The highest BCUT2D eigenvalue weighted by molar-refractivity contribution is 7.91. The molecule has 0 amide bonds. The summed E-state index contributed by atoms with van der Waals surface area (Å²) in [4.78, 5) is 2.67. The van der Waals surface area contributed by atoms with Crippen LogP contribution in [-0.4, -0.2) is 25.9 Å². The number of sulfone groups is 1. The molecule has 152 valence electrons. The normalized spacial score (nSPS) is 13.4. The molecule has 0 aromatic heterocycles. The van der Waals surface area contributed by atoms with Crippen molar-refractivity contribution >= 4 is 33.1 Å². The van der Waals surface area contributed by atoms with Crippen LogP contribution in [0.25, 0.3) is 0 Å². The molecular formula is C26H21N2O2S+. The van der Waals surface area contributed by atoms with Crippen LogP contribution in [0, 0.1) is 0 Å². The fourth-order valence-electron chi connectivity index (χ4n) is 3.90. The van der Waals surface area contributed by atoms with E-state index in [9.17, 15) is 8.42 Å². The minimum atomic E-state index is -3.68. The van der Waals surface area contributed by atoms with Crippen LogP contribution in [0.2, 0.25) is 0 Å². The van der Waals surface area contributed by atoms with E-state index in [4.69, 9.17) is 0 Å². The minimum Gasteiger partial charge on any atom is -0.284 e. The van der Waals surface area contributed by atoms with Gasteiger partial charge in [0.2, 0.25) is 22.2 Å². The van der Waals surface area contributed by atoms with E-state index in [0.717, 1.165) is 16.9 Å². The highest BCUT2D eigenvalue weighted by Crippen LogP contribution is 2.39. The Kier molecular flexibility index (Phi) is 4.88. The van der Waals surface area contributed by atoms with Gasteiger partial charge in [-0.15, -0.1) is 0 Å². The zero-order valence-electron chi connectivity index (χ0n) is 16.8. The van der Waals surface area contributed by atoms with Crippen LogP contribution >= 0.6 is 0 Å². The first-order valence-electron chi connectivity index (χ1n) is 10.1. The van der Waals surface area contributed by atoms with Crippen molar-refractivity contribution in [1.82, 2.24) is 0 Å². The fourth-order valence-corrected chi connectivity index (χ4v) is 5.41.